The molecule has 3 aliphatic rings. The van der Waals surface area contributed by atoms with Crippen LogP contribution in [0.2, 0.25) is 0 Å². The van der Waals surface area contributed by atoms with Crippen molar-refractivity contribution in [2.24, 2.45) is 23.3 Å². The van der Waals surface area contributed by atoms with Gasteiger partial charge >= 0.3 is 0 Å². The molecule has 4 rings (SSSR count). The summed E-state index contributed by atoms with van der Waals surface area (Å²) in [6, 6.07) is -6.54. The molecule has 3 fully saturated rings. The highest BCUT2D eigenvalue weighted by molar-refractivity contribution is 5.98. The standard InChI is InChI=1S/C52H87N9O16/c1-5-28(2)24-29(3)12-10-8-6-7-9-11-13-39(68)55-34-26-38(67)50(77-23-21-54)59-49(74)43-37(66)19-22-60(43)52(76)41(36(65)18-20-53)57-48(73)42(45(70)44(69)31-14-16-32(63)17-15-31)58-47(72)35-25-33(64)27-61(35)51(75)40(30(4)62)56-46(34)71/h14-17,28-30,33-38,40-45,50,62-67,69-70H,5-13,18-27,53-54H2,1-4H3,(H,55,68)(H,56,71)(H,57,73)(H,58,72)(H,59,74)/t28?,29?,30-,33+,34-,35-,36-,37-,38+,40-,41-,42-,43-,44-,45-,50+/m0/s1. The number of carbonyl (C=O) groups is 7. The van der Waals surface area contributed by atoms with Crippen LogP contribution in [-0.4, -0.2) is 204 Å². The number of ether oxygens (including phenoxy) is 1. The van der Waals surface area contributed by atoms with Gasteiger partial charge in [0.1, 0.15) is 60.3 Å². The molecule has 0 spiro atoms. The molecule has 2 unspecified atom stereocenters. The number of aromatic hydroxyl groups is 1. The van der Waals surface area contributed by atoms with Crippen molar-refractivity contribution < 1.29 is 79.2 Å². The van der Waals surface area contributed by atoms with E-state index in [4.69, 9.17) is 16.2 Å². The lowest BCUT2D eigenvalue weighted by atomic mass is 9.91. The number of unbranched alkanes of at least 4 members (excludes halogenated alkanes) is 5. The van der Waals surface area contributed by atoms with E-state index < -0.39 is 146 Å². The maximum absolute atomic E-state index is 14.6. The molecule has 25 nitrogen and oxygen atoms in total. The first-order valence-corrected chi connectivity index (χ1v) is 27.2. The molecule has 0 bridgehead atoms. The van der Waals surface area contributed by atoms with Gasteiger partial charge in [0.2, 0.25) is 41.4 Å². The van der Waals surface area contributed by atoms with Crippen molar-refractivity contribution in [2.75, 3.05) is 32.8 Å². The van der Waals surface area contributed by atoms with Crippen LogP contribution in [0.15, 0.2) is 24.3 Å². The smallest absolute Gasteiger partial charge is 0.248 e. The Hall–Kier alpha value is -5.09. The van der Waals surface area contributed by atoms with Crippen LogP contribution in [-0.2, 0) is 38.3 Å². The molecule has 77 heavy (non-hydrogen) atoms. The van der Waals surface area contributed by atoms with Crippen LogP contribution in [0.1, 0.15) is 129 Å². The van der Waals surface area contributed by atoms with Gasteiger partial charge in [0.15, 0.2) is 6.23 Å². The number of hydrogen-bond acceptors (Lipinski definition) is 18. The van der Waals surface area contributed by atoms with E-state index in [9.17, 15) is 74.4 Å². The van der Waals surface area contributed by atoms with Crippen molar-refractivity contribution >= 4 is 41.4 Å². The van der Waals surface area contributed by atoms with Gasteiger partial charge in [-0.1, -0.05) is 77.8 Å². The molecule has 0 aliphatic carbocycles. The second-order valence-corrected chi connectivity index (χ2v) is 21.1. The van der Waals surface area contributed by atoms with E-state index in [1.165, 1.54) is 30.7 Å². The van der Waals surface area contributed by atoms with E-state index in [1.807, 2.05) is 0 Å². The van der Waals surface area contributed by atoms with Crippen molar-refractivity contribution in [2.45, 2.75) is 203 Å². The van der Waals surface area contributed by atoms with Gasteiger partial charge in [0, 0.05) is 38.9 Å². The minimum absolute atomic E-state index is 0.0414. The Morgan fingerprint density at radius 2 is 1.35 bits per heavy atom. The Balaban J connectivity index is 1.73. The molecule has 0 aromatic heterocycles. The molecule has 0 radical (unpaired) electrons. The summed E-state index contributed by atoms with van der Waals surface area (Å²) in [7, 11) is 0. The first-order chi connectivity index (χ1) is 36.5. The summed E-state index contributed by atoms with van der Waals surface area (Å²) in [5.74, 6) is -6.60. The van der Waals surface area contributed by atoms with Gasteiger partial charge in [-0.25, -0.2) is 0 Å². The van der Waals surface area contributed by atoms with Crippen molar-refractivity contribution in [3.8, 4) is 5.75 Å². The number of nitrogens with one attached hydrogen (secondary N) is 5. The Kier molecular flexibility index (Phi) is 26.4. The highest BCUT2D eigenvalue weighted by atomic mass is 16.5. The number of nitrogens with zero attached hydrogens (tertiary/aromatic N) is 2. The average molecular weight is 1090 g/mol. The third-order valence-corrected chi connectivity index (χ3v) is 14.8. The largest absolute Gasteiger partial charge is 0.508 e. The summed E-state index contributed by atoms with van der Waals surface area (Å²) in [6.45, 7) is 6.32. The highest BCUT2D eigenvalue weighted by Gasteiger charge is 2.49. The van der Waals surface area contributed by atoms with Gasteiger partial charge in [-0.3, -0.25) is 33.6 Å². The lowest BCUT2D eigenvalue weighted by molar-refractivity contribution is -0.149. The minimum Gasteiger partial charge on any atom is -0.508 e. The van der Waals surface area contributed by atoms with Gasteiger partial charge in [-0.15, -0.1) is 0 Å². The van der Waals surface area contributed by atoms with E-state index in [0.29, 0.717) is 24.7 Å². The summed E-state index contributed by atoms with van der Waals surface area (Å²) >= 11 is 0. The number of phenols is 1. The van der Waals surface area contributed by atoms with Crippen LogP contribution in [0.4, 0.5) is 0 Å². The molecule has 7 amide bonds. The van der Waals surface area contributed by atoms with E-state index >= 15 is 0 Å². The third-order valence-electron chi connectivity index (χ3n) is 14.8. The number of rotatable bonds is 23. The van der Waals surface area contributed by atoms with Gasteiger partial charge in [0.05, 0.1) is 31.0 Å². The third kappa shape index (κ3) is 18.8. The van der Waals surface area contributed by atoms with Crippen molar-refractivity contribution in [3.05, 3.63) is 29.8 Å². The fraction of sp³-hybridized carbons (Fsp3) is 0.750. The topological polar surface area (TPSA) is 409 Å². The number of phenolic OH excluding ortho intramolecular Hbond substituents is 1. The summed E-state index contributed by atoms with van der Waals surface area (Å²) in [6.07, 6.45) is -7.55. The Morgan fingerprint density at radius 1 is 0.727 bits per heavy atom. The maximum atomic E-state index is 14.6. The first kappa shape index (κ1) is 64.4. The number of amides is 7. The van der Waals surface area contributed by atoms with Crippen LogP contribution in [0.25, 0.3) is 0 Å². The zero-order chi connectivity index (χ0) is 57.1. The molecule has 25 heteroatoms. The Bertz CT molecular complexity index is 2070. The molecule has 3 aliphatic heterocycles. The van der Waals surface area contributed by atoms with Crippen LogP contribution in [0.3, 0.4) is 0 Å². The van der Waals surface area contributed by atoms with Crippen LogP contribution >= 0.6 is 0 Å². The first-order valence-electron chi connectivity index (χ1n) is 27.2. The molecule has 436 valence electrons. The zero-order valence-electron chi connectivity index (χ0n) is 44.9. The highest BCUT2D eigenvalue weighted by Crippen LogP contribution is 2.27. The van der Waals surface area contributed by atoms with Crippen molar-refractivity contribution in [3.63, 3.8) is 0 Å². The normalized spacial score (nSPS) is 28.6. The van der Waals surface area contributed by atoms with Crippen LogP contribution in [0, 0.1) is 11.8 Å². The number of hydrogen-bond donors (Lipinski definition) is 15. The zero-order valence-corrected chi connectivity index (χ0v) is 44.9. The second kappa shape index (κ2) is 31.5. The van der Waals surface area contributed by atoms with Crippen LogP contribution < -0.4 is 38.1 Å². The van der Waals surface area contributed by atoms with Crippen molar-refractivity contribution in [1.82, 2.24) is 36.4 Å². The molecule has 0 saturated carbocycles. The number of aliphatic hydroxyl groups is 7. The van der Waals surface area contributed by atoms with Gasteiger partial charge < -0.3 is 93.4 Å². The molecule has 3 heterocycles. The molecule has 3 saturated heterocycles. The SMILES string of the molecule is CCC(C)CC(C)CCCCCCCCC(=O)N[C@H]1C[C@@H](O)[C@@H](OCCN)NC(=O)[C@@H]2[C@@H](O)CCN2C(=O)[C@H]([C@@H](O)CCN)NC(=O)[C@H]([C@H](O)[C@@H](O)c2ccc(O)cc2)NC(=O)[C@@H]2C[C@@H](O)CN2C(=O)[C@H]([C@H](C)O)NC1=O. The van der Waals surface area contributed by atoms with E-state index in [1.54, 1.807) is 0 Å². The van der Waals surface area contributed by atoms with Crippen LogP contribution in [0.5, 0.6) is 5.75 Å². The Morgan fingerprint density at radius 3 is 1.99 bits per heavy atom. The lowest BCUT2D eigenvalue weighted by Crippen LogP contribution is -2.64. The van der Waals surface area contributed by atoms with Gasteiger partial charge in [-0.05, 0) is 68.7 Å². The number of nitrogens with two attached hydrogens (primary N) is 2. The molecule has 1 aromatic carbocycles. The summed E-state index contributed by atoms with van der Waals surface area (Å²) in [4.78, 5) is 102. The Labute approximate surface area is 450 Å². The molecule has 16 atom stereocenters. The maximum Gasteiger partial charge on any atom is 0.248 e. The molecule has 17 N–H and O–H groups in total. The summed E-state index contributed by atoms with van der Waals surface area (Å²) in [5.41, 5.74) is 11.4. The van der Waals surface area contributed by atoms with E-state index in [-0.39, 0.29) is 56.8 Å². The number of aliphatic hydroxyl groups excluding tert-OH is 7. The summed E-state index contributed by atoms with van der Waals surface area (Å²) < 4.78 is 5.73. The number of carbonyl (C=O) groups excluding carboxylic acids is 7. The molecular weight excluding hydrogens is 1010 g/mol. The predicted octanol–water partition coefficient (Wildman–Crippen LogP) is -2.88. The monoisotopic (exact) mass is 1090 g/mol. The minimum atomic E-state index is -2.29. The van der Waals surface area contributed by atoms with Gasteiger partial charge in [-0.2, -0.15) is 0 Å². The lowest BCUT2D eigenvalue weighted by Gasteiger charge is -2.35. The summed E-state index contributed by atoms with van der Waals surface area (Å²) in [5, 5.41) is 101. The molecule has 1 aromatic rings. The van der Waals surface area contributed by atoms with E-state index in [0.717, 1.165) is 55.2 Å². The fourth-order valence-electron chi connectivity index (χ4n) is 10.1. The van der Waals surface area contributed by atoms with E-state index in [2.05, 4.69) is 47.4 Å². The quantitative estimate of drug-likeness (QED) is 0.0489. The predicted molar refractivity (Wildman–Crippen MR) is 278 cm³/mol. The fourth-order valence-corrected chi connectivity index (χ4v) is 10.1. The number of fused-ring (bicyclic) bond motifs is 2. The van der Waals surface area contributed by atoms with Crippen molar-refractivity contribution in [1.29, 1.82) is 0 Å². The number of benzene rings is 1. The second-order valence-electron chi connectivity index (χ2n) is 21.1. The molecular formula is C52H87N9O16. The average Bonchev–Trinajstić information content (AvgIpc) is 3.99. The van der Waals surface area contributed by atoms with Gasteiger partial charge in [0.25, 0.3) is 0 Å².